The zero-order chi connectivity index (χ0) is 13.8. The molecule has 0 aliphatic carbocycles. The van der Waals surface area contributed by atoms with Gasteiger partial charge in [0, 0.05) is 6.61 Å². The molecule has 1 nitrogen and oxygen atoms in total. The Morgan fingerprint density at radius 2 is 1.42 bits per heavy atom. The molecule has 0 saturated carbocycles. The van der Waals surface area contributed by atoms with Gasteiger partial charge in [-0.15, -0.1) is 0 Å². The van der Waals surface area contributed by atoms with Crippen molar-refractivity contribution in [1.82, 2.24) is 0 Å². The maximum Gasteiger partial charge on any atom is 0.0796 e. The van der Waals surface area contributed by atoms with E-state index in [9.17, 15) is 0 Å². The largest absolute Gasteiger partial charge is 0.374 e. The molecule has 108 valence electrons. The summed E-state index contributed by atoms with van der Waals surface area (Å²) in [6, 6.07) is 10.5. The fourth-order valence-electron chi connectivity index (χ4n) is 2.32. The molecule has 1 atom stereocenters. The third-order valence-electron chi connectivity index (χ3n) is 3.63. The van der Waals surface area contributed by atoms with Crippen molar-refractivity contribution in [3.8, 4) is 0 Å². The first-order chi connectivity index (χ1) is 9.34. The molecule has 0 amide bonds. The molecule has 0 N–H and O–H groups in total. The highest BCUT2D eigenvalue weighted by molar-refractivity contribution is 5.16. The summed E-state index contributed by atoms with van der Waals surface area (Å²) in [5.41, 5.74) is 1.28. The van der Waals surface area contributed by atoms with Crippen LogP contribution < -0.4 is 0 Å². The number of ether oxygens (including phenoxy) is 1. The van der Waals surface area contributed by atoms with Gasteiger partial charge in [0.25, 0.3) is 0 Å². The van der Waals surface area contributed by atoms with Gasteiger partial charge in [-0.2, -0.15) is 0 Å². The summed E-state index contributed by atoms with van der Waals surface area (Å²) in [5.74, 6) is 0. The van der Waals surface area contributed by atoms with Gasteiger partial charge in [0.15, 0.2) is 0 Å². The van der Waals surface area contributed by atoms with Gasteiger partial charge in [0.2, 0.25) is 0 Å². The molecule has 0 bridgehead atoms. The Hall–Kier alpha value is -0.820. The Balaban J connectivity index is 1.93. The van der Waals surface area contributed by atoms with Crippen LogP contribution in [0.25, 0.3) is 0 Å². The number of benzene rings is 1. The highest BCUT2D eigenvalue weighted by Gasteiger charge is 2.03. The molecule has 0 saturated heterocycles. The number of unbranched alkanes of at least 4 members (excludes halogenated alkanes) is 7. The quantitative estimate of drug-likeness (QED) is 0.451. The third-order valence-corrected chi connectivity index (χ3v) is 3.63. The predicted octanol–water partition coefficient (Wildman–Crippen LogP) is 5.90. The Morgan fingerprint density at radius 1 is 0.842 bits per heavy atom. The Kier molecular flexibility index (Phi) is 9.44. The second kappa shape index (κ2) is 11.0. The minimum atomic E-state index is 0.228. The molecule has 0 aliphatic heterocycles. The van der Waals surface area contributed by atoms with Crippen LogP contribution in [0.4, 0.5) is 0 Å². The molecule has 0 heterocycles. The van der Waals surface area contributed by atoms with Gasteiger partial charge in [0.1, 0.15) is 0 Å². The average molecular weight is 262 g/mol. The van der Waals surface area contributed by atoms with Gasteiger partial charge in [-0.05, 0) is 18.9 Å². The highest BCUT2D eigenvalue weighted by atomic mass is 16.5. The van der Waals surface area contributed by atoms with Crippen LogP contribution in [0.5, 0.6) is 0 Å². The molecule has 1 unspecified atom stereocenters. The van der Waals surface area contributed by atoms with Crippen molar-refractivity contribution in [1.29, 1.82) is 0 Å². The molecule has 0 fully saturated rings. The van der Waals surface area contributed by atoms with Gasteiger partial charge in [0.05, 0.1) is 6.10 Å². The number of rotatable bonds is 11. The molecule has 0 aromatic heterocycles. The lowest BCUT2D eigenvalue weighted by atomic mass is 10.1. The van der Waals surface area contributed by atoms with Gasteiger partial charge in [-0.1, -0.05) is 82.2 Å². The van der Waals surface area contributed by atoms with Crippen LogP contribution in [0.2, 0.25) is 0 Å². The first-order valence-corrected chi connectivity index (χ1v) is 8.01. The van der Waals surface area contributed by atoms with E-state index in [1.807, 2.05) is 0 Å². The molecule has 19 heavy (non-hydrogen) atoms. The molecule has 1 aromatic rings. The number of hydrogen-bond donors (Lipinski definition) is 0. The van der Waals surface area contributed by atoms with E-state index in [1.165, 1.54) is 56.9 Å². The maximum absolute atomic E-state index is 5.87. The molecule has 1 heteroatoms. The van der Waals surface area contributed by atoms with Crippen LogP contribution >= 0.6 is 0 Å². The fraction of sp³-hybridized carbons (Fsp3) is 0.667. The molecular weight excluding hydrogens is 232 g/mol. The molecule has 0 aliphatic rings. The molecule has 0 spiro atoms. The van der Waals surface area contributed by atoms with Crippen molar-refractivity contribution in [2.45, 2.75) is 71.3 Å². The Labute approximate surface area is 119 Å². The van der Waals surface area contributed by atoms with Crippen molar-refractivity contribution in [2.24, 2.45) is 0 Å². The van der Waals surface area contributed by atoms with Gasteiger partial charge < -0.3 is 4.74 Å². The van der Waals surface area contributed by atoms with E-state index in [4.69, 9.17) is 4.74 Å². The highest BCUT2D eigenvalue weighted by Crippen LogP contribution is 2.16. The van der Waals surface area contributed by atoms with E-state index in [0.717, 1.165) is 6.61 Å². The topological polar surface area (TPSA) is 9.23 Å². The SMILES string of the molecule is CCCCCCCCCCOC(C)c1ccccc1. The van der Waals surface area contributed by atoms with E-state index in [2.05, 4.69) is 44.2 Å². The maximum atomic E-state index is 5.87. The second-order valence-electron chi connectivity index (χ2n) is 5.40. The summed E-state index contributed by atoms with van der Waals surface area (Å²) in [7, 11) is 0. The van der Waals surface area contributed by atoms with E-state index >= 15 is 0 Å². The van der Waals surface area contributed by atoms with Crippen molar-refractivity contribution in [3.05, 3.63) is 35.9 Å². The van der Waals surface area contributed by atoms with Crippen molar-refractivity contribution >= 4 is 0 Å². The second-order valence-corrected chi connectivity index (χ2v) is 5.40. The van der Waals surface area contributed by atoms with Crippen LogP contribution in [0.3, 0.4) is 0 Å². The van der Waals surface area contributed by atoms with Crippen molar-refractivity contribution in [2.75, 3.05) is 6.61 Å². The first-order valence-electron chi connectivity index (χ1n) is 8.01. The van der Waals surface area contributed by atoms with Gasteiger partial charge in [-0.25, -0.2) is 0 Å². The average Bonchev–Trinajstić information content (AvgIpc) is 2.46. The van der Waals surface area contributed by atoms with Crippen LogP contribution in [0.1, 0.15) is 76.9 Å². The Bertz CT molecular complexity index is 294. The van der Waals surface area contributed by atoms with Gasteiger partial charge in [-0.3, -0.25) is 0 Å². The van der Waals surface area contributed by atoms with Crippen LogP contribution in [0, 0.1) is 0 Å². The zero-order valence-electron chi connectivity index (χ0n) is 12.7. The normalized spacial score (nSPS) is 12.5. The van der Waals surface area contributed by atoms with E-state index in [-0.39, 0.29) is 6.10 Å². The monoisotopic (exact) mass is 262 g/mol. The molecule has 1 rings (SSSR count). The Morgan fingerprint density at radius 3 is 2.05 bits per heavy atom. The van der Waals surface area contributed by atoms with Gasteiger partial charge >= 0.3 is 0 Å². The summed E-state index contributed by atoms with van der Waals surface area (Å²) in [5, 5.41) is 0. The first kappa shape index (κ1) is 16.2. The summed E-state index contributed by atoms with van der Waals surface area (Å²) in [6.45, 7) is 5.30. The summed E-state index contributed by atoms with van der Waals surface area (Å²) in [6.07, 6.45) is 11.1. The lowest BCUT2D eigenvalue weighted by molar-refractivity contribution is 0.0627. The smallest absolute Gasteiger partial charge is 0.0796 e. The summed E-state index contributed by atoms with van der Waals surface area (Å²) < 4.78 is 5.87. The lowest BCUT2D eigenvalue weighted by Gasteiger charge is -2.13. The lowest BCUT2D eigenvalue weighted by Crippen LogP contribution is -2.01. The molecule has 1 aromatic carbocycles. The zero-order valence-corrected chi connectivity index (χ0v) is 12.7. The standard InChI is InChI=1S/C18H30O/c1-3-4-5-6-7-8-9-13-16-19-17(2)18-14-11-10-12-15-18/h10-12,14-15,17H,3-9,13,16H2,1-2H3. The third kappa shape index (κ3) is 8.05. The van der Waals surface area contributed by atoms with Crippen LogP contribution in [0.15, 0.2) is 30.3 Å². The van der Waals surface area contributed by atoms with Crippen LogP contribution in [-0.4, -0.2) is 6.61 Å². The van der Waals surface area contributed by atoms with E-state index < -0.39 is 0 Å². The predicted molar refractivity (Wildman–Crippen MR) is 83.4 cm³/mol. The molecular formula is C18H30O. The van der Waals surface area contributed by atoms with E-state index in [0.29, 0.717) is 0 Å². The van der Waals surface area contributed by atoms with Crippen molar-refractivity contribution in [3.63, 3.8) is 0 Å². The van der Waals surface area contributed by atoms with E-state index in [1.54, 1.807) is 0 Å². The molecule has 0 radical (unpaired) electrons. The number of hydrogen-bond acceptors (Lipinski definition) is 1. The van der Waals surface area contributed by atoms with Crippen LogP contribution in [-0.2, 0) is 4.74 Å². The minimum Gasteiger partial charge on any atom is -0.374 e. The summed E-state index contributed by atoms with van der Waals surface area (Å²) >= 11 is 0. The van der Waals surface area contributed by atoms with Crippen molar-refractivity contribution < 1.29 is 4.74 Å². The summed E-state index contributed by atoms with van der Waals surface area (Å²) in [4.78, 5) is 0. The minimum absolute atomic E-state index is 0.228. The fourth-order valence-corrected chi connectivity index (χ4v) is 2.32.